The number of thiazole rings is 1. The summed E-state index contributed by atoms with van der Waals surface area (Å²) in [4.78, 5) is 132. The summed E-state index contributed by atoms with van der Waals surface area (Å²) in [6.07, 6.45) is -23.1. The van der Waals surface area contributed by atoms with E-state index in [2.05, 4.69) is 61.8 Å². The summed E-state index contributed by atoms with van der Waals surface area (Å²) >= 11 is 2.63. The Kier molecular flexibility index (Phi) is 28.3. The first-order valence-electron chi connectivity index (χ1n) is 30.2. The lowest BCUT2D eigenvalue weighted by Gasteiger charge is -2.46. The summed E-state index contributed by atoms with van der Waals surface area (Å²) < 4.78 is 29.0. The summed E-state index contributed by atoms with van der Waals surface area (Å²) in [5.41, 5.74) is 30.9. The number of primary amides is 3. The Morgan fingerprint density at radius 1 is 0.887 bits per heavy atom. The van der Waals surface area contributed by atoms with Crippen LogP contribution in [0.1, 0.15) is 115 Å². The maximum Gasteiger partial charge on any atom is 0.404 e. The molecule has 538 valence electrons. The molecular formula is C55H85N19O21S2. The molecule has 28 N–H and O–H groups in total. The van der Waals surface area contributed by atoms with E-state index in [1.54, 1.807) is 5.38 Å². The number of amidine groups is 1. The smallest absolute Gasteiger partial charge is 0.404 e. The van der Waals surface area contributed by atoms with E-state index in [9.17, 15) is 69.6 Å². The Morgan fingerprint density at radius 2 is 1.60 bits per heavy atom. The van der Waals surface area contributed by atoms with Crippen molar-refractivity contribution in [3.05, 3.63) is 51.4 Å². The SMILES string of the molecule is Cc1c(N)nc([C@H](CC(N)=O)NC[C@H](N)C(N)=O)nc1C(=O)N[C@H](C(=O)N[C@H](CCO)[C@@H](O)[C@H](C)C(=O)N[C@H](C(=O)NCCC1=N[C@@H](c2nc(C(=O)NCCC(=N)N)cs2)CS1)C(C)(C)O)[C@@H](O[C@H]1O[C@@H](C)[C@@H](O)[C@H](O)[C@@H]1O[C@H]1O[C@H](CO)[C@@H](O)[C@H](OC(N)=O)[C@H]1O)c1cnc[nH]1. The quantitative estimate of drug-likeness (QED) is 0.0192. The van der Waals surface area contributed by atoms with E-state index in [0.717, 1.165) is 12.5 Å². The third-order valence-electron chi connectivity index (χ3n) is 15.6. The molecule has 42 heteroatoms. The number of H-pyrrole nitrogens is 1. The fourth-order valence-corrected chi connectivity index (χ4v) is 12.1. The number of anilines is 1. The number of nitrogens with two attached hydrogens (primary N) is 6. The van der Waals surface area contributed by atoms with E-state index in [4.69, 9.17) is 63.5 Å². The number of nitrogens with zero attached hydrogens (tertiary/aromatic N) is 5. The number of aliphatic hydroxyl groups excluding tert-OH is 7. The molecular weight excluding hydrogens is 1330 g/mol. The van der Waals surface area contributed by atoms with Gasteiger partial charge in [-0.3, -0.25) is 44.0 Å². The Hall–Kier alpha value is -7.79. The zero-order chi connectivity index (χ0) is 71.9. The molecule has 0 saturated carbocycles. The highest BCUT2D eigenvalue weighted by molar-refractivity contribution is 8.14. The second-order valence-electron chi connectivity index (χ2n) is 23.5. The normalized spacial score (nSPS) is 25.1. The van der Waals surface area contributed by atoms with Crippen molar-refractivity contribution in [2.75, 3.05) is 44.3 Å². The van der Waals surface area contributed by atoms with Crippen molar-refractivity contribution in [3.63, 3.8) is 0 Å². The molecule has 0 bridgehead atoms. The molecule has 0 radical (unpaired) electrons. The topological polar surface area (TPSA) is 676 Å². The van der Waals surface area contributed by atoms with Crippen LogP contribution in [0.5, 0.6) is 0 Å². The number of thioether (sulfide) groups is 1. The number of carbonyl (C=O) groups is 8. The van der Waals surface area contributed by atoms with Crippen LogP contribution in [-0.4, -0.2) is 260 Å². The number of amides is 8. The van der Waals surface area contributed by atoms with Crippen LogP contribution in [0, 0.1) is 18.3 Å². The van der Waals surface area contributed by atoms with Crippen LogP contribution in [0.3, 0.4) is 0 Å². The highest BCUT2D eigenvalue weighted by atomic mass is 32.2. The molecule has 40 nitrogen and oxygen atoms in total. The number of imidazole rings is 1. The third kappa shape index (κ3) is 20.9. The van der Waals surface area contributed by atoms with Gasteiger partial charge in [-0.1, -0.05) is 6.92 Å². The molecule has 0 aromatic carbocycles. The van der Waals surface area contributed by atoms with Crippen molar-refractivity contribution in [1.82, 2.24) is 56.8 Å². The fraction of sp³-hybridized carbons (Fsp3) is 0.636. The van der Waals surface area contributed by atoms with Crippen LogP contribution >= 0.6 is 23.1 Å². The number of hydrogen-bond donors (Lipinski definition) is 22. The van der Waals surface area contributed by atoms with Gasteiger partial charge in [0.05, 0.1) is 77.6 Å². The van der Waals surface area contributed by atoms with Crippen molar-refractivity contribution in [3.8, 4) is 0 Å². The van der Waals surface area contributed by atoms with E-state index in [1.807, 2.05) is 0 Å². The molecule has 3 aromatic rings. The zero-order valence-electron chi connectivity index (χ0n) is 53.2. The minimum atomic E-state index is -2.20. The van der Waals surface area contributed by atoms with E-state index in [0.29, 0.717) is 15.8 Å². The molecule has 3 aliphatic heterocycles. The predicted octanol–water partition coefficient (Wildman–Crippen LogP) is -7.95. The van der Waals surface area contributed by atoms with Gasteiger partial charge in [-0.25, -0.2) is 24.7 Å². The number of aromatic nitrogens is 5. The van der Waals surface area contributed by atoms with Gasteiger partial charge in [0, 0.05) is 62.2 Å². The van der Waals surface area contributed by atoms with Crippen LogP contribution in [0.2, 0.25) is 0 Å². The summed E-state index contributed by atoms with van der Waals surface area (Å²) in [5.74, 6) is -8.70. The minimum Gasteiger partial charge on any atom is -0.441 e. The maximum atomic E-state index is 15.4. The van der Waals surface area contributed by atoms with Crippen molar-refractivity contribution < 1.29 is 103 Å². The fourth-order valence-electron chi connectivity index (χ4n) is 10.1. The Labute approximate surface area is 561 Å². The summed E-state index contributed by atoms with van der Waals surface area (Å²) in [7, 11) is 0. The number of aliphatic imine (C=N–C) groups is 1. The molecule has 3 aliphatic rings. The minimum absolute atomic E-state index is 0.0261. The highest BCUT2D eigenvalue weighted by Gasteiger charge is 2.53. The number of carbonyl (C=O) groups excluding carboxylic acids is 8. The monoisotopic (exact) mass is 1410 g/mol. The lowest BCUT2D eigenvalue weighted by molar-refractivity contribution is -0.369. The number of hydrogen-bond acceptors (Lipinski definition) is 32. The van der Waals surface area contributed by atoms with Gasteiger partial charge in [0.2, 0.25) is 29.5 Å². The van der Waals surface area contributed by atoms with Crippen molar-refractivity contribution in [2.45, 2.75) is 176 Å². The molecule has 0 spiro atoms. The third-order valence-corrected chi connectivity index (χ3v) is 17.7. The average molecular weight is 1410 g/mol. The number of rotatable bonds is 35. The van der Waals surface area contributed by atoms with Crippen molar-refractivity contribution in [2.24, 2.45) is 39.6 Å². The first kappa shape index (κ1) is 78.2. The maximum absolute atomic E-state index is 15.4. The van der Waals surface area contributed by atoms with Crippen LogP contribution in [-0.2, 0) is 47.7 Å². The predicted molar refractivity (Wildman–Crippen MR) is 338 cm³/mol. The van der Waals surface area contributed by atoms with E-state index in [-0.39, 0.29) is 66.9 Å². The average Bonchev–Trinajstić information content (AvgIpc) is 1.18. The molecule has 6 rings (SSSR count). The molecule has 8 amide bonds. The van der Waals surface area contributed by atoms with Crippen molar-refractivity contribution >= 4 is 87.2 Å². The molecule has 6 heterocycles. The zero-order valence-corrected chi connectivity index (χ0v) is 54.8. The van der Waals surface area contributed by atoms with E-state index in [1.165, 1.54) is 57.7 Å². The van der Waals surface area contributed by atoms with Crippen LogP contribution in [0.25, 0.3) is 0 Å². The second kappa shape index (κ2) is 35.1. The Balaban J connectivity index is 1.30. The van der Waals surface area contributed by atoms with Gasteiger partial charge >= 0.3 is 6.09 Å². The van der Waals surface area contributed by atoms with Gasteiger partial charge < -0.3 is 136 Å². The second-order valence-corrected chi connectivity index (χ2v) is 25.5. The summed E-state index contributed by atoms with van der Waals surface area (Å²) in [5, 5.41) is 115. The van der Waals surface area contributed by atoms with Crippen LogP contribution in [0.4, 0.5) is 10.6 Å². The van der Waals surface area contributed by atoms with Crippen molar-refractivity contribution in [1.29, 1.82) is 5.41 Å². The highest BCUT2D eigenvalue weighted by Crippen LogP contribution is 2.36. The van der Waals surface area contributed by atoms with Gasteiger partial charge in [-0.2, -0.15) is 0 Å². The lowest BCUT2D eigenvalue weighted by Crippen LogP contribution is -2.65. The summed E-state index contributed by atoms with van der Waals surface area (Å²) in [6, 6.07) is -8.54. The molecule has 0 aliphatic carbocycles. The summed E-state index contributed by atoms with van der Waals surface area (Å²) in [6.45, 7) is 4.28. The molecule has 0 unspecified atom stereocenters. The lowest BCUT2D eigenvalue weighted by atomic mass is 9.92. The number of nitrogen functional groups attached to an aromatic ring is 1. The standard InChI is InChI=1S/C55H85N19O21S2/c1-19-32(71-45(74-43(19)60)24(12-30(59)77)66-13-22(56)44(61)83)48(86)72-33(39(25-14-63-18-67-25)93-53-41(37(81)35(79)21(3)91-53)94-52-38(82)40(95-54(62)89)36(80)28(15-76)92-52)49(87)69-23(8-11-75)34(78)20(2)46(84)73-42(55(4,5)90)50(88)65-10-7-31-68-27(17-96-31)51-70-26(16-97-51)47(85)64-9-6-29(57)58/h14,16,18,20-24,27-28,33-42,52-53,66,75-76,78-82,90H,6-13,15,17,56H2,1-5H3,(H3,57,58)(H2,59,77)(H2,61,83)(H2,62,89)(H,63,67)(H,64,85)(H,65,88)(H,69,87)(H,72,86)(H,73,84)(H2,60,71,74)/t20-,21-,22-,23+,24-,27+,28+,33-,34-,35+,36+,37-,38+,39-,40-,41-,42+,52+,53+/m0/s1. The molecule has 2 fully saturated rings. The Morgan fingerprint density at radius 3 is 2.22 bits per heavy atom. The van der Waals surface area contributed by atoms with E-state index < -0.39 is 201 Å². The largest absolute Gasteiger partial charge is 0.441 e. The molecule has 3 aromatic heterocycles. The van der Waals surface area contributed by atoms with E-state index >= 15 is 9.59 Å². The Bertz CT molecular complexity index is 3280. The first-order chi connectivity index (χ1) is 45.6. The first-order valence-corrected chi connectivity index (χ1v) is 32.1. The molecule has 2 saturated heterocycles. The van der Waals surface area contributed by atoms with Gasteiger partial charge in [-0.15, -0.1) is 23.1 Å². The van der Waals surface area contributed by atoms with Gasteiger partial charge in [0.1, 0.15) is 88.9 Å². The van der Waals surface area contributed by atoms with Gasteiger partial charge in [-0.05, 0) is 34.1 Å². The number of aromatic amines is 1. The number of aliphatic hydroxyl groups is 8. The van der Waals surface area contributed by atoms with Crippen LogP contribution < -0.4 is 66.3 Å². The molecule has 19 atom stereocenters. The van der Waals surface area contributed by atoms with Gasteiger partial charge in [0.15, 0.2) is 18.7 Å². The number of ether oxygens (including phenoxy) is 5. The van der Waals surface area contributed by atoms with Gasteiger partial charge in [0.25, 0.3) is 11.8 Å². The number of nitrogens with one attached hydrogen (secondary N) is 8. The molecule has 97 heavy (non-hydrogen) atoms. The van der Waals surface area contributed by atoms with Crippen LogP contribution in [0.15, 0.2) is 22.9 Å².